The predicted octanol–water partition coefficient (Wildman–Crippen LogP) is 3.85. The number of rotatable bonds is 8. The Hall–Kier alpha value is -3.52. The normalized spacial score (nSPS) is 10.9. The average Bonchev–Trinajstić information content (AvgIpc) is 2.78. The standard InChI is InChI=1S/C23H24N2O5S/c1-17-9-14-22(30-3)21(15-17)24-23(26)16-25(18-10-12-19(29-2)13-11-18)31(27,28)20-7-5-4-6-8-20/h4-15H,16H2,1-3H3,(H,24,26). The molecule has 8 heteroatoms. The van der Waals surface area contributed by atoms with Crippen molar-refractivity contribution in [1.82, 2.24) is 0 Å². The first-order chi connectivity index (χ1) is 14.8. The van der Waals surface area contributed by atoms with Crippen molar-refractivity contribution < 1.29 is 22.7 Å². The molecule has 7 nitrogen and oxygen atoms in total. The van der Waals surface area contributed by atoms with Gasteiger partial charge in [-0.25, -0.2) is 8.42 Å². The van der Waals surface area contributed by atoms with Crippen molar-refractivity contribution in [2.45, 2.75) is 11.8 Å². The van der Waals surface area contributed by atoms with E-state index in [1.807, 2.05) is 13.0 Å². The van der Waals surface area contributed by atoms with E-state index in [9.17, 15) is 13.2 Å². The van der Waals surface area contributed by atoms with Crippen LogP contribution in [0.25, 0.3) is 0 Å². The van der Waals surface area contributed by atoms with Crippen LogP contribution in [0, 0.1) is 6.92 Å². The van der Waals surface area contributed by atoms with Crippen molar-refractivity contribution in [3.8, 4) is 11.5 Å². The number of benzene rings is 3. The summed E-state index contributed by atoms with van der Waals surface area (Å²) in [6, 6.07) is 19.8. The van der Waals surface area contributed by atoms with Crippen LogP contribution in [0.2, 0.25) is 0 Å². The number of ether oxygens (including phenoxy) is 2. The number of hydrogen-bond donors (Lipinski definition) is 1. The Morgan fingerprint density at radius 1 is 0.935 bits per heavy atom. The quantitative estimate of drug-likeness (QED) is 0.575. The molecule has 31 heavy (non-hydrogen) atoms. The summed E-state index contributed by atoms with van der Waals surface area (Å²) in [7, 11) is -0.957. The summed E-state index contributed by atoms with van der Waals surface area (Å²) in [5, 5.41) is 2.75. The van der Waals surface area contributed by atoms with Gasteiger partial charge < -0.3 is 14.8 Å². The molecule has 0 aliphatic rings. The molecule has 0 unspecified atom stereocenters. The van der Waals surface area contributed by atoms with Gasteiger partial charge in [0.2, 0.25) is 5.91 Å². The highest BCUT2D eigenvalue weighted by molar-refractivity contribution is 7.92. The van der Waals surface area contributed by atoms with Crippen molar-refractivity contribution in [2.75, 3.05) is 30.4 Å². The molecule has 1 N–H and O–H groups in total. The SMILES string of the molecule is COc1ccc(N(CC(=O)Nc2cc(C)ccc2OC)S(=O)(=O)c2ccccc2)cc1. The lowest BCUT2D eigenvalue weighted by Crippen LogP contribution is -2.38. The summed E-state index contributed by atoms with van der Waals surface area (Å²) in [5.74, 6) is 0.565. The van der Waals surface area contributed by atoms with Crippen molar-refractivity contribution in [3.63, 3.8) is 0 Å². The van der Waals surface area contributed by atoms with Crippen LogP contribution in [0.15, 0.2) is 77.7 Å². The maximum Gasteiger partial charge on any atom is 0.264 e. The lowest BCUT2D eigenvalue weighted by atomic mass is 10.2. The minimum absolute atomic E-state index is 0.0896. The molecule has 0 radical (unpaired) electrons. The van der Waals surface area contributed by atoms with Gasteiger partial charge in [-0.3, -0.25) is 9.10 Å². The molecule has 0 fully saturated rings. The lowest BCUT2D eigenvalue weighted by molar-refractivity contribution is -0.114. The highest BCUT2D eigenvalue weighted by Gasteiger charge is 2.27. The zero-order chi connectivity index (χ0) is 22.4. The molecule has 0 saturated heterocycles. The van der Waals surface area contributed by atoms with E-state index in [0.29, 0.717) is 22.9 Å². The van der Waals surface area contributed by atoms with Gasteiger partial charge in [0.25, 0.3) is 10.0 Å². The Balaban J connectivity index is 1.95. The summed E-state index contributed by atoms with van der Waals surface area (Å²) in [4.78, 5) is 13.0. The number of carbonyl (C=O) groups is 1. The van der Waals surface area contributed by atoms with E-state index in [0.717, 1.165) is 9.87 Å². The lowest BCUT2D eigenvalue weighted by Gasteiger charge is -2.24. The number of sulfonamides is 1. The molecule has 0 aliphatic carbocycles. The monoisotopic (exact) mass is 440 g/mol. The van der Waals surface area contributed by atoms with Crippen molar-refractivity contribution in [3.05, 3.63) is 78.4 Å². The summed E-state index contributed by atoms with van der Waals surface area (Å²) in [5.41, 5.74) is 1.75. The van der Waals surface area contributed by atoms with Gasteiger partial charge in [-0.05, 0) is 61.0 Å². The summed E-state index contributed by atoms with van der Waals surface area (Å²) < 4.78 is 38.2. The Morgan fingerprint density at radius 3 is 2.23 bits per heavy atom. The van der Waals surface area contributed by atoms with Crippen molar-refractivity contribution in [2.24, 2.45) is 0 Å². The van der Waals surface area contributed by atoms with Gasteiger partial charge in [-0.15, -0.1) is 0 Å². The Kier molecular flexibility index (Phi) is 6.81. The molecule has 0 aliphatic heterocycles. The number of hydrogen-bond acceptors (Lipinski definition) is 5. The average molecular weight is 441 g/mol. The number of nitrogens with one attached hydrogen (secondary N) is 1. The van der Waals surface area contributed by atoms with Crippen molar-refractivity contribution in [1.29, 1.82) is 0 Å². The highest BCUT2D eigenvalue weighted by atomic mass is 32.2. The van der Waals surface area contributed by atoms with Crippen LogP contribution in [0.3, 0.4) is 0 Å². The van der Waals surface area contributed by atoms with E-state index < -0.39 is 22.5 Å². The molecule has 0 atom stereocenters. The third-order valence-corrected chi connectivity index (χ3v) is 6.40. The molecule has 0 aromatic heterocycles. The topological polar surface area (TPSA) is 84.9 Å². The van der Waals surface area contributed by atoms with Gasteiger partial charge in [0.1, 0.15) is 18.0 Å². The zero-order valence-electron chi connectivity index (χ0n) is 17.5. The number of amides is 1. The molecular weight excluding hydrogens is 416 g/mol. The van der Waals surface area contributed by atoms with E-state index in [1.165, 1.54) is 26.4 Å². The van der Waals surface area contributed by atoms with E-state index in [4.69, 9.17) is 9.47 Å². The molecule has 0 bridgehead atoms. The second-order valence-electron chi connectivity index (χ2n) is 6.77. The summed E-state index contributed by atoms with van der Waals surface area (Å²) in [6.45, 7) is 1.47. The van der Waals surface area contributed by atoms with E-state index in [1.54, 1.807) is 54.6 Å². The smallest absolute Gasteiger partial charge is 0.264 e. The number of methoxy groups -OCH3 is 2. The third-order valence-electron chi connectivity index (χ3n) is 4.61. The highest BCUT2D eigenvalue weighted by Crippen LogP contribution is 2.28. The fraction of sp³-hybridized carbons (Fsp3) is 0.174. The first-order valence-electron chi connectivity index (χ1n) is 9.51. The molecule has 1 amide bonds. The maximum absolute atomic E-state index is 13.3. The molecule has 162 valence electrons. The number of carbonyl (C=O) groups excluding carboxylic acids is 1. The molecule has 0 saturated carbocycles. The number of anilines is 2. The van der Waals surface area contributed by atoms with Crippen LogP contribution in [-0.4, -0.2) is 35.1 Å². The maximum atomic E-state index is 13.3. The number of aryl methyl sites for hydroxylation is 1. The fourth-order valence-corrected chi connectivity index (χ4v) is 4.46. The molecule has 3 aromatic carbocycles. The minimum Gasteiger partial charge on any atom is -0.497 e. The van der Waals surface area contributed by atoms with Crippen LogP contribution in [0.1, 0.15) is 5.56 Å². The zero-order valence-corrected chi connectivity index (χ0v) is 18.3. The summed E-state index contributed by atoms with van der Waals surface area (Å²) in [6.07, 6.45) is 0. The second kappa shape index (κ2) is 9.53. The molecule has 3 rings (SSSR count). The Labute approximate surface area is 182 Å². The summed E-state index contributed by atoms with van der Waals surface area (Å²) >= 11 is 0. The van der Waals surface area contributed by atoms with E-state index in [-0.39, 0.29) is 4.90 Å². The van der Waals surface area contributed by atoms with Crippen LogP contribution >= 0.6 is 0 Å². The minimum atomic E-state index is -3.98. The molecular formula is C23H24N2O5S. The molecule has 0 heterocycles. The first kappa shape index (κ1) is 22.2. The largest absolute Gasteiger partial charge is 0.497 e. The second-order valence-corrected chi connectivity index (χ2v) is 8.64. The fourth-order valence-electron chi connectivity index (χ4n) is 3.02. The van der Waals surface area contributed by atoms with Gasteiger partial charge in [0, 0.05) is 0 Å². The predicted molar refractivity (Wildman–Crippen MR) is 120 cm³/mol. The van der Waals surface area contributed by atoms with Crippen molar-refractivity contribution >= 4 is 27.3 Å². The number of nitrogens with zero attached hydrogens (tertiary/aromatic N) is 1. The van der Waals surface area contributed by atoms with Gasteiger partial charge in [0.05, 0.1) is 30.5 Å². The van der Waals surface area contributed by atoms with Gasteiger partial charge in [0.15, 0.2) is 0 Å². The van der Waals surface area contributed by atoms with Gasteiger partial charge in [-0.2, -0.15) is 0 Å². The van der Waals surface area contributed by atoms with Crippen LogP contribution in [-0.2, 0) is 14.8 Å². The third kappa shape index (κ3) is 5.16. The first-order valence-corrected chi connectivity index (χ1v) is 11.0. The Bertz CT molecular complexity index is 1150. The van der Waals surface area contributed by atoms with Gasteiger partial charge >= 0.3 is 0 Å². The van der Waals surface area contributed by atoms with E-state index >= 15 is 0 Å². The molecule has 3 aromatic rings. The van der Waals surface area contributed by atoms with E-state index in [2.05, 4.69) is 5.32 Å². The van der Waals surface area contributed by atoms with Crippen LogP contribution in [0.5, 0.6) is 11.5 Å². The van der Waals surface area contributed by atoms with Crippen LogP contribution < -0.4 is 19.1 Å². The molecule has 0 spiro atoms. The van der Waals surface area contributed by atoms with Gasteiger partial charge in [-0.1, -0.05) is 24.3 Å². The van der Waals surface area contributed by atoms with Crippen LogP contribution in [0.4, 0.5) is 11.4 Å². The Morgan fingerprint density at radius 2 is 1.61 bits per heavy atom.